The minimum absolute atomic E-state index is 0.804. The van der Waals surface area contributed by atoms with E-state index in [0.717, 1.165) is 35.5 Å². The van der Waals surface area contributed by atoms with Gasteiger partial charge in [0.1, 0.15) is 18.0 Å². The molecule has 0 saturated heterocycles. The molecule has 21 heavy (non-hydrogen) atoms. The summed E-state index contributed by atoms with van der Waals surface area (Å²) in [4.78, 5) is 11.0. The lowest BCUT2D eigenvalue weighted by Gasteiger charge is -2.23. The minimum atomic E-state index is 0.804. The Balaban J connectivity index is 2.30. The van der Waals surface area contributed by atoms with Gasteiger partial charge >= 0.3 is 0 Å². The number of rotatable bonds is 6. The van der Waals surface area contributed by atoms with E-state index in [4.69, 9.17) is 0 Å². The summed E-state index contributed by atoms with van der Waals surface area (Å²) in [7, 11) is 3.97. The number of hydrogen-bond acceptors (Lipinski definition) is 4. The molecule has 112 valence electrons. The van der Waals surface area contributed by atoms with Crippen molar-refractivity contribution in [1.29, 1.82) is 0 Å². The Kier molecular flexibility index (Phi) is 5.56. The average molecular weight is 349 g/mol. The molecule has 5 heteroatoms. The molecule has 0 aliphatic heterocycles. The van der Waals surface area contributed by atoms with Crippen LogP contribution in [-0.4, -0.2) is 24.1 Å². The molecule has 1 heterocycles. The molecule has 1 N–H and O–H groups in total. The van der Waals surface area contributed by atoms with Crippen LogP contribution in [0.1, 0.15) is 24.5 Å². The first kappa shape index (κ1) is 15.8. The zero-order valence-corrected chi connectivity index (χ0v) is 14.3. The normalized spacial score (nSPS) is 10.5. The first-order valence-corrected chi connectivity index (χ1v) is 7.92. The van der Waals surface area contributed by atoms with Crippen molar-refractivity contribution in [2.24, 2.45) is 0 Å². The van der Waals surface area contributed by atoms with E-state index in [1.165, 1.54) is 11.1 Å². The van der Waals surface area contributed by atoms with Crippen molar-refractivity contribution in [2.45, 2.75) is 26.3 Å². The van der Waals surface area contributed by atoms with E-state index in [1.807, 2.05) is 13.1 Å². The predicted molar refractivity (Wildman–Crippen MR) is 91.8 cm³/mol. The third kappa shape index (κ3) is 3.73. The van der Waals surface area contributed by atoms with Crippen LogP contribution >= 0.6 is 15.9 Å². The number of nitrogens with one attached hydrogen (secondary N) is 1. The Hall–Kier alpha value is -1.62. The fourth-order valence-electron chi connectivity index (χ4n) is 2.38. The maximum atomic E-state index is 4.49. The molecule has 0 radical (unpaired) electrons. The van der Waals surface area contributed by atoms with Gasteiger partial charge in [0, 0.05) is 30.7 Å². The number of benzene rings is 1. The Labute approximate surface area is 134 Å². The molecule has 4 nitrogen and oxygen atoms in total. The van der Waals surface area contributed by atoms with E-state index in [2.05, 4.69) is 68.3 Å². The van der Waals surface area contributed by atoms with Gasteiger partial charge in [-0.05, 0) is 18.1 Å². The van der Waals surface area contributed by atoms with Gasteiger partial charge in [-0.3, -0.25) is 0 Å². The molecule has 0 amide bonds. The SMILES string of the molecule is CCCc1c(NC)ncnc1N(C)Cc1ccccc1Br. The van der Waals surface area contributed by atoms with Crippen LogP contribution < -0.4 is 10.2 Å². The van der Waals surface area contributed by atoms with Gasteiger partial charge in [0.15, 0.2) is 0 Å². The highest BCUT2D eigenvalue weighted by atomic mass is 79.9. The van der Waals surface area contributed by atoms with Gasteiger partial charge < -0.3 is 10.2 Å². The largest absolute Gasteiger partial charge is 0.373 e. The molecule has 0 fully saturated rings. The Morgan fingerprint density at radius 1 is 1.24 bits per heavy atom. The van der Waals surface area contributed by atoms with Crippen LogP contribution in [0.15, 0.2) is 35.1 Å². The second-order valence-electron chi connectivity index (χ2n) is 4.97. The third-order valence-electron chi connectivity index (χ3n) is 3.39. The zero-order chi connectivity index (χ0) is 15.2. The molecule has 0 atom stereocenters. The van der Waals surface area contributed by atoms with Crippen molar-refractivity contribution in [2.75, 3.05) is 24.3 Å². The molecule has 0 bridgehead atoms. The van der Waals surface area contributed by atoms with Crippen LogP contribution in [0.2, 0.25) is 0 Å². The highest BCUT2D eigenvalue weighted by Gasteiger charge is 2.14. The van der Waals surface area contributed by atoms with E-state index in [9.17, 15) is 0 Å². The highest BCUT2D eigenvalue weighted by Crippen LogP contribution is 2.26. The average Bonchev–Trinajstić information content (AvgIpc) is 2.50. The second-order valence-corrected chi connectivity index (χ2v) is 5.83. The van der Waals surface area contributed by atoms with Crippen molar-refractivity contribution >= 4 is 27.6 Å². The molecule has 0 unspecified atom stereocenters. The van der Waals surface area contributed by atoms with Gasteiger partial charge in [0.25, 0.3) is 0 Å². The van der Waals surface area contributed by atoms with Crippen LogP contribution in [0, 0.1) is 0 Å². The third-order valence-corrected chi connectivity index (χ3v) is 4.16. The summed E-state index contributed by atoms with van der Waals surface area (Å²) in [6.07, 6.45) is 3.65. The monoisotopic (exact) mass is 348 g/mol. The van der Waals surface area contributed by atoms with E-state index in [1.54, 1.807) is 6.33 Å². The standard InChI is InChI=1S/C16H21BrN4/c1-4-7-13-15(18-2)19-11-20-16(13)21(3)10-12-8-5-6-9-14(12)17/h5-6,8-9,11H,4,7,10H2,1-3H3,(H,18,19,20). The quantitative estimate of drug-likeness (QED) is 0.860. The van der Waals surface area contributed by atoms with Crippen LogP contribution in [0.5, 0.6) is 0 Å². The number of anilines is 2. The lowest BCUT2D eigenvalue weighted by atomic mass is 10.1. The molecule has 0 saturated carbocycles. The van der Waals surface area contributed by atoms with E-state index in [-0.39, 0.29) is 0 Å². The van der Waals surface area contributed by atoms with Gasteiger partial charge in [-0.15, -0.1) is 0 Å². The second kappa shape index (κ2) is 7.41. The maximum Gasteiger partial charge on any atom is 0.137 e. The Morgan fingerprint density at radius 2 is 2.00 bits per heavy atom. The lowest BCUT2D eigenvalue weighted by molar-refractivity contribution is 0.842. The number of halogens is 1. The first-order chi connectivity index (χ1) is 10.2. The molecular formula is C16H21BrN4. The zero-order valence-electron chi connectivity index (χ0n) is 12.7. The van der Waals surface area contributed by atoms with Crippen molar-refractivity contribution in [3.05, 3.63) is 46.2 Å². The van der Waals surface area contributed by atoms with Crippen molar-refractivity contribution < 1.29 is 0 Å². The van der Waals surface area contributed by atoms with Crippen molar-refractivity contribution in [3.63, 3.8) is 0 Å². The van der Waals surface area contributed by atoms with Crippen LogP contribution in [-0.2, 0) is 13.0 Å². The van der Waals surface area contributed by atoms with E-state index in [0.29, 0.717) is 0 Å². The summed E-state index contributed by atoms with van der Waals surface area (Å²) in [6.45, 7) is 2.97. The first-order valence-electron chi connectivity index (χ1n) is 7.13. The van der Waals surface area contributed by atoms with E-state index < -0.39 is 0 Å². The molecule has 1 aromatic carbocycles. The van der Waals surface area contributed by atoms with Gasteiger partial charge in [0.2, 0.25) is 0 Å². The molecular weight excluding hydrogens is 328 g/mol. The maximum absolute atomic E-state index is 4.49. The van der Waals surface area contributed by atoms with E-state index >= 15 is 0 Å². The fourth-order valence-corrected chi connectivity index (χ4v) is 2.79. The molecule has 2 aromatic rings. The molecule has 0 aliphatic rings. The molecule has 2 rings (SSSR count). The summed E-state index contributed by atoms with van der Waals surface area (Å²) in [5, 5.41) is 3.16. The summed E-state index contributed by atoms with van der Waals surface area (Å²) in [6, 6.07) is 8.27. The molecule has 0 spiro atoms. The number of nitrogens with zero attached hydrogens (tertiary/aromatic N) is 3. The summed E-state index contributed by atoms with van der Waals surface area (Å²) < 4.78 is 1.12. The van der Waals surface area contributed by atoms with Gasteiger partial charge in [-0.25, -0.2) is 9.97 Å². The van der Waals surface area contributed by atoms with Gasteiger partial charge in [0.05, 0.1) is 0 Å². The summed E-state index contributed by atoms with van der Waals surface area (Å²) in [5.41, 5.74) is 2.42. The Morgan fingerprint density at radius 3 is 2.67 bits per heavy atom. The van der Waals surface area contributed by atoms with Gasteiger partial charge in [-0.2, -0.15) is 0 Å². The topological polar surface area (TPSA) is 41.1 Å². The number of aromatic nitrogens is 2. The van der Waals surface area contributed by atoms with Gasteiger partial charge in [-0.1, -0.05) is 47.5 Å². The molecule has 0 aliphatic carbocycles. The summed E-state index contributed by atoms with van der Waals surface area (Å²) in [5.74, 6) is 1.91. The highest BCUT2D eigenvalue weighted by molar-refractivity contribution is 9.10. The van der Waals surface area contributed by atoms with Crippen LogP contribution in [0.3, 0.4) is 0 Å². The predicted octanol–water partition coefficient (Wildman–Crippen LogP) is 3.87. The lowest BCUT2D eigenvalue weighted by Crippen LogP contribution is -2.20. The summed E-state index contributed by atoms with van der Waals surface area (Å²) >= 11 is 3.60. The van der Waals surface area contributed by atoms with Crippen LogP contribution in [0.25, 0.3) is 0 Å². The molecule has 1 aromatic heterocycles. The van der Waals surface area contributed by atoms with Crippen molar-refractivity contribution in [1.82, 2.24) is 9.97 Å². The van der Waals surface area contributed by atoms with Crippen LogP contribution in [0.4, 0.5) is 11.6 Å². The fraction of sp³-hybridized carbons (Fsp3) is 0.375. The Bertz CT molecular complexity index is 601. The minimum Gasteiger partial charge on any atom is -0.373 e. The smallest absolute Gasteiger partial charge is 0.137 e. The van der Waals surface area contributed by atoms with Crippen molar-refractivity contribution in [3.8, 4) is 0 Å². The number of hydrogen-bond donors (Lipinski definition) is 1.